The molecular weight excluding hydrogens is 136 g/mol. The average molecular weight is 148 g/mol. The highest BCUT2D eigenvalue weighted by Crippen LogP contribution is 2.53. The number of Topliss-reactive ketones (excluding diaryl/α,β-unsaturated/α-hetero) is 1. The van der Waals surface area contributed by atoms with Crippen LogP contribution in [-0.4, -0.2) is 5.78 Å². The van der Waals surface area contributed by atoms with E-state index in [9.17, 15) is 4.79 Å². The average Bonchev–Trinajstić information content (AvgIpc) is 2.60. The van der Waals surface area contributed by atoms with Gasteiger partial charge in [0.15, 0.2) is 0 Å². The lowest BCUT2D eigenvalue weighted by Crippen LogP contribution is -2.18. The van der Waals surface area contributed by atoms with Gasteiger partial charge in [-0.05, 0) is 30.6 Å². The molecule has 1 nitrogen and oxygen atoms in total. The van der Waals surface area contributed by atoms with Gasteiger partial charge in [-0.1, -0.05) is 12.2 Å². The van der Waals surface area contributed by atoms with Crippen LogP contribution in [0.15, 0.2) is 12.2 Å². The van der Waals surface area contributed by atoms with Gasteiger partial charge in [0, 0.05) is 12.3 Å². The first kappa shape index (κ1) is 5.99. The van der Waals surface area contributed by atoms with E-state index in [1.807, 2.05) is 0 Å². The predicted octanol–water partition coefficient (Wildman–Crippen LogP) is 1.79. The SMILES string of the molecule is O=C1CCC2C3C=CC(C3)C12. The van der Waals surface area contributed by atoms with Crippen molar-refractivity contribution in [3.05, 3.63) is 12.2 Å². The first-order valence-electron chi connectivity index (χ1n) is 4.57. The molecule has 0 saturated heterocycles. The fraction of sp³-hybridized carbons (Fsp3) is 0.700. The summed E-state index contributed by atoms with van der Waals surface area (Å²) in [4.78, 5) is 11.4. The van der Waals surface area contributed by atoms with Crippen molar-refractivity contribution in [1.29, 1.82) is 0 Å². The molecule has 3 aliphatic carbocycles. The molecule has 3 aliphatic rings. The van der Waals surface area contributed by atoms with E-state index in [4.69, 9.17) is 0 Å². The summed E-state index contributed by atoms with van der Waals surface area (Å²) >= 11 is 0. The second-order valence-electron chi connectivity index (χ2n) is 4.14. The quantitative estimate of drug-likeness (QED) is 0.479. The third-order valence-corrected chi connectivity index (χ3v) is 3.72. The molecule has 0 aromatic carbocycles. The molecule has 0 aliphatic heterocycles. The minimum atomic E-state index is 0.449. The molecule has 4 unspecified atom stereocenters. The van der Waals surface area contributed by atoms with Crippen molar-refractivity contribution in [3.63, 3.8) is 0 Å². The molecule has 11 heavy (non-hydrogen) atoms. The Kier molecular flexibility index (Phi) is 0.961. The van der Waals surface area contributed by atoms with Crippen molar-refractivity contribution in [1.82, 2.24) is 0 Å². The van der Waals surface area contributed by atoms with Gasteiger partial charge >= 0.3 is 0 Å². The van der Waals surface area contributed by atoms with Gasteiger partial charge in [0.1, 0.15) is 5.78 Å². The molecule has 2 bridgehead atoms. The molecule has 1 heteroatoms. The summed E-state index contributed by atoms with van der Waals surface area (Å²) in [7, 11) is 0. The molecular formula is C10H12O. The zero-order chi connectivity index (χ0) is 7.42. The van der Waals surface area contributed by atoms with Crippen molar-refractivity contribution < 1.29 is 4.79 Å². The molecule has 2 fully saturated rings. The highest BCUT2D eigenvalue weighted by atomic mass is 16.1. The lowest BCUT2D eigenvalue weighted by atomic mass is 9.86. The summed E-state index contributed by atoms with van der Waals surface area (Å²) in [6.45, 7) is 0. The van der Waals surface area contributed by atoms with Crippen molar-refractivity contribution in [2.24, 2.45) is 23.7 Å². The molecule has 0 aromatic heterocycles. The van der Waals surface area contributed by atoms with Crippen LogP contribution >= 0.6 is 0 Å². The number of ketones is 1. The minimum Gasteiger partial charge on any atom is -0.299 e. The Bertz CT molecular complexity index is 241. The monoisotopic (exact) mass is 148 g/mol. The highest BCUT2D eigenvalue weighted by Gasteiger charge is 2.50. The Hall–Kier alpha value is -0.590. The third kappa shape index (κ3) is 0.597. The summed E-state index contributed by atoms with van der Waals surface area (Å²) < 4.78 is 0. The van der Waals surface area contributed by atoms with Gasteiger partial charge in [-0.3, -0.25) is 4.79 Å². The summed E-state index contributed by atoms with van der Waals surface area (Å²) in [5.74, 6) is 3.16. The number of allylic oxidation sites excluding steroid dienone is 2. The molecule has 58 valence electrons. The first-order valence-corrected chi connectivity index (χ1v) is 4.57. The fourth-order valence-electron chi connectivity index (χ4n) is 3.27. The van der Waals surface area contributed by atoms with Crippen LogP contribution in [0, 0.1) is 23.7 Å². The van der Waals surface area contributed by atoms with E-state index < -0.39 is 0 Å². The van der Waals surface area contributed by atoms with Crippen LogP contribution in [0.5, 0.6) is 0 Å². The van der Waals surface area contributed by atoms with Gasteiger partial charge in [0.25, 0.3) is 0 Å². The Balaban J connectivity index is 2.03. The summed E-state index contributed by atoms with van der Waals surface area (Å²) in [6.07, 6.45) is 7.93. The molecule has 0 radical (unpaired) electrons. The third-order valence-electron chi connectivity index (χ3n) is 3.72. The summed E-state index contributed by atoms with van der Waals surface area (Å²) in [5.41, 5.74) is 0. The van der Waals surface area contributed by atoms with Crippen LogP contribution in [0.3, 0.4) is 0 Å². The first-order chi connectivity index (χ1) is 5.36. The van der Waals surface area contributed by atoms with E-state index in [2.05, 4.69) is 12.2 Å². The van der Waals surface area contributed by atoms with Crippen LogP contribution in [0.25, 0.3) is 0 Å². The van der Waals surface area contributed by atoms with Gasteiger partial charge < -0.3 is 0 Å². The van der Waals surface area contributed by atoms with E-state index in [-0.39, 0.29) is 0 Å². The van der Waals surface area contributed by atoms with Crippen LogP contribution in [0.2, 0.25) is 0 Å². The second-order valence-corrected chi connectivity index (χ2v) is 4.14. The number of carbonyl (C=O) groups excluding carboxylic acids is 1. The van der Waals surface area contributed by atoms with E-state index in [1.165, 1.54) is 12.8 Å². The van der Waals surface area contributed by atoms with Crippen molar-refractivity contribution in [2.45, 2.75) is 19.3 Å². The predicted molar refractivity (Wildman–Crippen MR) is 42.0 cm³/mol. The van der Waals surface area contributed by atoms with Crippen molar-refractivity contribution in [2.75, 3.05) is 0 Å². The van der Waals surface area contributed by atoms with Gasteiger partial charge in [0.2, 0.25) is 0 Å². The highest BCUT2D eigenvalue weighted by molar-refractivity contribution is 5.84. The molecule has 0 heterocycles. The topological polar surface area (TPSA) is 17.1 Å². The fourth-order valence-corrected chi connectivity index (χ4v) is 3.27. The Morgan fingerprint density at radius 3 is 2.91 bits per heavy atom. The number of hydrogen-bond acceptors (Lipinski definition) is 1. The standard InChI is InChI=1S/C10H12O/c11-9-4-3-8-6-1-2-7(5-6)10(8)9/h1-2,6-8,10H,3-5H2. The minimum absolute atomic E-state index is 0.449. The second kappa shape index (κ2) is 1.77. The molecule has 0 N–H and O–H groups in total. The normalized spacial score (nSPS) is 52.2. The number of fused-ring (bicyclic) bond motifs is 5. The van der Waals surface area contributed by atoms with E-state index in [1.54, 1.807) is 0 Å². The molecule has 3 rings (SSSR count). The molecule has 0 aromatic rings. The van der Waals surface area contributed by atoms with Gasteiger partial charge in [0.05, 0.1) is 0 Å². The Morgan fingerprint density at radius 2 is 2.09 bits per heavy atom. The number of rotatable bonds is 0. The maximum Gasteiger partial charge on any atom is 0.136 e. The Morgan fingerprint density at radius 1 is 1.27 bits per heavy atom. The zero-order valence-corrected chi connectivity index (χ0v) is 6.49. The van der Waals surface area contributed by atoms with E-state index in [0.717, 1.165) is 18.3 Å². The van der Waals surface area contributed by atoms with Gasteiger partial charge in [-0.25, -0.2) is 0 Å². The smallest absolute Gasteiger partial charge is 0.136 e. The Labute approximate surface area is 66.5 Å². The lowest BCUT2D eigenvalue weighted by molar-refractivity contribution is -0.121. The number of hydrogen-bond donors (Lipinski definition) is 0. The van der Waals surface area contributed by atoms with Crippen molar-refractivity contribution in [3.8, 4) is 0 Å². The molecule has 0 spiro atoms. The van der Waals surface area contributed by atoms with Crippen molar-refractivity contribution >= 4 is 5.78 Å². The summed E-state index contributed by atoms with van der Waals surface area (Å²) in [5, 5.41) is 0. The maximum absolute atomic E-state index is 11.4. The van der Waals surface area contributed by atoms with Crippen LogP contribution in [-0.2, 0) is 4.79 Å². The molecule has 2 saturated carbocycles. The zero-order valence-electron chi connectivity index (χ0n) is 6.49. The van der Waals surface area contributed by atoms with Crippen LogP contribution in [0.1, 0.15) is 19.3 Å². The largest absolute Gasteiger partial charge is 0.299 e. The van der Waals surface area contributed by atoms with E-state index in [0.29, 0.717) is 17.6 Å². The van der Waals surface area contributed by atoms with E-state index >= 15 is 0 Å². The molecule has 0 amide bonds. The van der Waals surface area contributed by atoms with Gasteiger partial charge in [-0.2, -0.15) is 0 Å². The maximum atomic E-state index is 11.4. The van der Waals surface area contributed by atoms with Crippen LogP contribution in [0.4, 0.5) is 0 Å². The summed E-state index contributed by atoms with van der Waals surface area (Å²) in [6, 6.07) is 0. The number of carbonyl (C=O) groups is 1. The molecule has 4 atom stereocenters. The lowest BCUT2D eigenvalue weighted by Gasteiger charge is -2.17. The van der Waals surface area contributed by atoms with Crippen LogP contribution < -0.4 is 0 Å². The van der Waals surface area contributed by atoms with Gasteiger partial charge in [-0.15, -0.1) is 0 Å².